The molecule has 3 fully saturated rings. The Balaban J connectivity index is 1.54. The Morgan fingerprint density at radius 3 is 2.79 bits per heavy atom. The summed E-state index contributed by atoms with van der Waals surface area (Å²) in [6, 6.07) is 5.07. The second-order valence-electron chi connectivity index (χ2n) is 6.55. The summed E-state index contributed by atoms with van der Waals surface area (Å²) in [5.74, 6) is 0.724. The minimum atomic E-state index is -0.229. The number of ether oxygens (including phenoxy) is 1. The number of hydrogen-bond acceptors (Lipinski definition) is 4. The highest BCUT2D eigenvalue weighted by atomic mass is 35.5. The average molecular weight is 350 g/mol. The Kier molecular flexibility index (Phi) is 3.79. The number of benzene rings is 1. The molecule has 4 rings (SSSR count). The van der Waals surface area contributed by atoms with Crippen LogP contribution >= 0.6 is 11.6 Å². The van der Waals surface area contributed by atoms with Crippen LogP contribution in [-0.2, 0) is 4.79 Å². The van der Waals surface area contributed by atoms with E-state index in [2.05, 4.69) is 4.90 Å². The smallest absolute Gasteiger partial charge is 0.327 e. The van der Waals surface area contributed by atoms with E-state index in [1.54, 1.807) is 18.1 Å². The Hall–Kier alpha value is -1.95. The Morgan fingerprint density at radius 1 is 1.21 bits per heavy atom. The first-order valence-corrected chi connectivity index (χ1v) is 8.70. The number of carbonyl (C=O) groups excluding carboxylic acids is 2. The molecule has 1 unspecified atom stereocenters. The molecule has 3 saturated heterocycles. The molecule has 0 radical (unpaired) electrons. The Labute approximate surface area is 145 Å². The van der Waals surface area contributed by atoms with Gasteiger partial charge in [-0.1, -0.05) is 11.6 Å². The van der Waals surface area contributed by atoms with Crippen molar-refractivity contribution in [3.8, 4) is 5.75 Å². The van der Waals surface area contributed by atoms with Crippen LogP contribution in [-0.4, -0.2) is 60.6 Å². The van der Waals surface area contributed by atoms with E-state index in [-0.39, 0.29) is 24.0 Å². The fraction of sp³-hybridized carbons (Fsp3) is 0.529. The number of carbonyl (C=O) groups is 2. The number of anilines is 1. The zero-order valence-electron chi connectivity index (χ0n) is 13.6. The van der Waals surface area contributed by atoms with Crippen LogP contribution in [0.4, 0.5) is 10.5 Å². The van der Waals surface area contributed by atoms with Crippen molar-refractivity contribution < 1.29 is 14.3 Å². The van der Waals surface area contributed by atoms with Gasteiger partial charge in [-0.2, -0.15) is 0 Å². The fourth-order valence-electron chi connectivity index (χ4n) is 4.06. The molecule has 0 saturated carbocycles. The van der Waals surface area contributed by atoms with E-state index in [4.69, 9.17) is 16.3 Å². The van der Waals surface area contributed by atoms with Gasteiger partial charge in [0.25, 0.3) is 5.91 Å². The molecule has 0 aromatic heterocycles. The van der Waals surface area contributed by atoms with Gasteiger partial charge in [0.2, 0.25) is 0 Å². The van der Waals surface area contributed by atoms with E-state index < -0.39 is 0 Å². The molecule has 128 valence electrons. The molecule has 3 aliphatic heterocycles. The normalized spacial score (nSPS) is 26.5. The molecule has 2 atom stereocenters. The lowest BCUT2D eigenvalue weighted by Crippen LogP contribution is -2.43. The molecule has 24 heavy (non-hydrogen) atoms. The number of amides is 3. The fourth-order valence-corrected chi connectivity index (χ4v) is 4.23. The van der Waals surface area contributed by atoms with Gasteiger partial charge in [-0.05, 0) is 37.5 Å². The highest BCUT2D eigenvalue weighted by Crippen LogP contribution is 2.36. The van der Waals surface area contributed by atoms with Crippen LogP contribution in [0.15, 0.2) is 18.2 Å². The van der Waals surface area contributed by atoms with Gasteiger partial charge >= 0.3 is 6.03 Å². The van der Waals surface area contributed by atoms with Crippen molar-refractivity contribution in [2.24, 2.45) is 0 Å². The van der Waals surface area contributed by atoms with Crippen LogP contribution in [0.1, 0.15) is 19.3 Å². The molecule has 3 heterocycles. The summed E-state index contributed by atoms with van der Waals surface area (Å²) in [7, 11) is 1.63. The number of nitrogens with zero attached hydrogens (tertiary/aromatic N) is 3. The van der Waals surface area contributed by atoms with Crippen LogP contribution in [0.2, 0.25) is 5.02 Å². The zero-order chi connectivity index (χ0) is 16.8. The molecular weight excluding hydrogens is 330 g/mol. The van der Waals surface area contributed by atoms with E-state index in [9.17, 15) is 9.59 Å². The first kappa shape index (κ1) is 15.6. The third kappa shape index (κ3) is 2.32. The van der Waals surface area contributed by atoms with Crippen LogP contribution in [0, 0.1) is 0 Å². The number of hydrogen-bond donors (Lipinski definition) is 0. The van der Waals surface area contributed by atoms with Gasteiger partial charge in [-0.3, -0.25) is 9.69 Å². The number of rotatable bonds is 3. The quantitative estimate of drug-likeness (QED) is 0.786. The van der Waals surface area contributed by atoms with Crippen molar-refractivity contribution in [3.63, 3.8) is 0 Å². The number of methoxy groups -OCH3 is 1. The molecule has 6 nitrogen and oxygen atoms in total. The van der Waals surface area contributed by atoms with Gasteiger partial charge in [0.1, 0.15) is 11.8 Å². The van der Waals surface area contributed by atoms with Gasteiger partial charge in [0.05, 0.1) is 18.8 Å². The monoisotopic (exact) mass is 349 g/mol. The second kappa shape index (κ2) is 5.84. The number of urea groups is 1. The van der Waals surface area contributed by atoms with Gasteiger partial charge < -0.3 is 14.5 Å². The number of halogens is 1. The predicted molar refractivity (Wildman–Crippen MR) is 90.6 cm³/mol. The van der Waals surface area contributed by atoms with Crippen molar-refractivity contribution >= 4 is 29.2 Å². The maximum Gasteiger partial charge on any atom is 0.327 e. The number of fused-ring (bicyclic) bond motifs is 1. The third-order valence-electron chi connectivity index (χ3n) is 5.24. The average Bonchev–Trinajstić information content (AvgIpc) is 3.27. The van der Waals surface area contributed by atoms with E-state index in [0.29, 0.717) is 18.1 Å². The minimum Gasteiger partial charge on any atom is -0.495 e. The van der Waals surface area contributed by atoms with Crippen molar-refractivity contribution in [2.45, 2.75) is 31.3 Å². The van der Waals surface area contributed by atoms with Gasteiger partial charge in [0, 0.05) is 24.7 Å². The van der Waals surface area contributed by atoms with Crippen molar-refractivity contribution in [1.82, 2.24) is 9.80 Å². The lowest BCUT2D eigenvalue weighted by atomic mass is 10.2. The van der Waals surface area contributed by atoms with E-state index in [0.717, 1.165) is 37.2 Å². The molecule has 0 N–H and O–H groups in total. The van der Waals surface area contributed by atoms with E-state index in [1.165, 1.54) is 4.90 Å². The van der Waals surface area contributed by atoms with Gasteiger partial charge in [-0.15, -0.1) is 0 Å². The van der Waals surface area contributed by atoms with Crippen molar-refractivity contribution in [1.29, 1.82) is 0 Å². The predicted octanol–water partition coefficient (Wildman–Crippen LogP) is 2.35. The SMILES string of the molecule is COc1ccc(Cl)cc1N1CCC(N2C(=O)[C@@H]3CCCN3C2=O)C1. The second-order valence-corrected chi connectivity index (χ2v) is 6.98. The lowest BCUT2D eigenvalue weighted by molar-refractivity contribution is -0.129. The van der Waals surface area contributed by atoms with E-state index in [1.807, 2.05) is 12.1 Å². The molecule has 3 amide bonds. The summed E-state index contributed by atoms with van der Waals surface area (Å²) in [5, 5.41) is 0.642. The molecule has 3 aliphatic rings. The van der Waals surface area contributed by atoms with Crippen LogP contribution in [0.5, 0.6) is 5.75 Å². The minimum absolute atomic E-state index is 0.0255. The highest BCUT2D eigenvalue weighted by molar-refractivity contribution is 6.31. The topological polar surface area (TPSA) is 53.1 Å². The van der Waals surface area contributed by atoms with Crippen molar-refractivity contribution in [2.75, 3.05) is 31.6 Å². The summed E-state index contributed by atoms with van der Waals surface area (Å²) >= 11 is 6.12. The summed E-state index contributed by atoms with van der Waals surface area (Å²) in [5.41, 5.74) is 0.909. The summed E-state index contributed by atoms with van der Waals surface area (Å²) in [6.45, 7) is 2.09. The van der Waals surface area contributed by atoms with Crippen molar-refractivity contribution in [3.05, 3.63) is 23.2 Å². The molecule has 7 heteroatoms. The largest absolute Gasteiger partial charge is 0.495 e. The maximum absolute atomic E-state index is 12.6. The molecule has 0 spiro atoms. The zero-order valence-corrected chi connectivity index (χ0v) is 14.3. The van der Waals surface area contributed by atoms with Crippen LogP contribution < -0.4 is 9.64 Å². The molecule has 0 bridgehead atoms. The molecule has 0 aliphatic carbocycles. The highest BCUT2D eigenvalue weighted by Gasteiger charge is 2.50. The molecular formula is C17H20ClN3O3. The van der Waals surface area contributed by atoms with Crippen LogP contribution in [0.25, 0.3) is 0 Å². The lowest BCUT2D eigenvalue weighted by Gasteiger charge is -2.25. The Morgan fingerprint density at radius 2 is 2.04 bits per heavy atom. The van der Waals surface area contributed by atoms with Crippen LogP contribution in [0.3, 0.4) is 0 Å². The molecule has 1 aromatic carbocycles. The first-order chi connectivity index (χ1) is 11.6. The van der Waals surface area contributed by atoms with Gasteiger partial charge in [0.15, 0.2) is 0 Å². The van der Waals surface area contributed by atoms with E-state index >= 15 is 0 Å². The first-order valence-electron chi connectivity index (χ1n) is 8.32. The molecule has 1 aromatic rings. The summed E-state index contributed by atoms with van der Waals surface area (Å²) in [6.07, 6.45) is 2.49. The summed E-state index contributed by atoms with van der Waals surface area (Å²) < 4.78 is 5.42. The standard InChI is InChI=1S/C17H20ClN3O3/c1-24-15-5-4-11(18)9-14(15)19-8-6-12(10-19)21-16(22)13-3-2-7-20(13)17(21)23/h4-5,9,12-13H,2-3,6-8,10H2,1H3/t12?,13-/m0/s1. The number of imide groups is 1. The summed E-state index contributed by atoms with van der Waals surface area (Å²) in [4.78, 5) is 30.5. The Bertz CT molecular complexity index is 674. The maximum atomic E-state index is 12.6. The third-order valence-corrected chi connectivity index (χ3v) is 5.47. The van der Waals surface area contributed by atoms with Gasteiger partial charge in [-0.25, -0.2) is 4.79 Å².